The van der Waals surface area contributed by atoms with Crippen molar-refractivity contribution in [3.8, 4) is 28.8 Å². The number of carbonyl (C=O) groups excluding carboxylic acids is 1. The van der Waals surface area contributed by atoms with Gasteiger partial charge in [0.1, 0.15) is 11.6 Å². The van der Waals surface area contributed by atoms with Crippen molar-refractivity contribution in [3.63, 3.8) is 0 Å². The molecule has 0 saturated carbocycles. The molecule has 0 amide bonds. The van der Waals surface area contributed by atoms with Crippen molar-refractivity contribution in [3.05, 3.63) is 34.1 Å². The third kappa shape index (κ3) is 4.60. The Kier molecular flexibility index (Phi) is 6.85. The number of ether oxygens (including phenoxy) is 3. The standard InChI is InChI=1S/C18H19N3O5S/c1-5-25-14-8-11(6-7-13(14)26-10(2)17(23)24-3)15-12(9-19)16(22)21-18(20-15)27-4/h6-8,10H,5H2,1-4H3,(H,20,21,22). The number of aromatic nitrogens is 2. The van der Waals surface area contributed by atoms with Crippen molar-refractivity contribution >= 4 is 17.7 Å². The molecular weight excluding hydrogens is 370 g/mol. The van der Waals surface area contributed by atoms with Crippen LogP contribution < -0.4 is 15.0 Å². The van der Waals surface area contributed by atoms with E-state index >= 15 is 0 Å². The van der Waals surface area contributed by atoms with Crippen LogP contribution in [-0.2, 0) is 9.53 Å². The molecule has 0 saturated heterocycles. The Morgan fingerprint density at radius 2 is 2.15 bits per heavy atom. The number of esters is 1. The van der Waals surface area contributed by atoms with E-state index in [1.54, 1.807) is 38.3 Å². The van der Waals surface area contributed by atoms with E-state index < -0.39 is 17.6 Å². The van der Waals surface area contributed by atoms with Gasteiger partial charge in [-0.2, -0.15) is 5.26 Å². The van der Waals surface area contributed by atoms with Gasteiger partial charge in [0.05, 0.1) is 19.4 Å². The van der Waals surface area contributed by atoms with E-state index in [0.29, 0.717) is 28.8 Å². The van der Waals surface area contributed by atoms with E-state index in [1.807, 2.05) is 6.07 Å². The summed E-state index contributed by atoms with van der Waals surface area (Å²) >= 11 is 1.26. The molecule has 1 aromatic carbocycles. The number of aromatic amines is 1. The average Bonchev–Trinajstić information content (AvgIpc) is 2.67. The molecule has 1 aromatic heterocycles. The summed E-state index contributed by atoms with van der Waals surface area (Å²) in [5.74, 6) is 0.184. The summed E-state index contributed by atoms with van der Waals surface area (Å²) in [6.07, 6.45) is 0.945. The first-order valence-corrected chi connectivity index (χ1v) is 9.27. The van der Waals surface area contributed by atoms with Crippen LogP contribution in [0.15, 0.2) is 28.2 Å². The number of hydrogen-bond acceptors (Lipinski definition) is 8. The molecule has 0 aliphatic carbocycles. The lowest BCUT2D eigenvalue weighted by molar-refractivity contribution is -0.147. The van der Waals surface area contributed by atoms with Gasteiger partial charge < -0.3 is 19.2 Å². The summed E-state index contributed by atoms with van der Waals surface area (Å²) in [6, 6.07) is 6.75. The van der Waals surface area contributed by atoms with Crippen LogP contribution in [0.5, 0.6) is 11.5 Å². The highest BCUT2D eigenvalue weighted by molar-refractivity contribution is 7.98. The van der Waals surface area contributed by atoms with Gasteiger partial charge in [-0.05, 0) is 38.3 Å². The third-order valence-electron chi connectivity index (χ3n) is 3.56. The minimum atomic E-state index is -0.824. The van der Waals surface area contributed by atoms with Crippen LogP contribution in [0.25, 0.3) is 11.3 Å². The van der Waals surface area contributed by atoms with Crippen molar-refractivity contribution in [2.45, 2.75) is 25.1 Å². The van der Waals surface area contributed by atoms with Crippen molar-refractivity contribution in [1.29, 1.82) is 5.26 Å². The van der Waals surface area contributed by atoms with Gasteiger partial charge in [-0.15, -0.1) is 0 Å². The largest absolute Gasteiger partial charge is 0.490 e. The monoisotopic (exact) mass is 389 g/mol. The first-order chi connectivity index (χ1) is 12.9. The smallest absolute Gasteiger partial charge is 0.346 e. The summed E-state index contributed by atoms with van der Waals surface area (Å²) < 4.78 is 15.9. The maximum atomic E-state index is 12.1. The highest BCUT2D eigenvalue weighted by Crippen LogP contribution is 2.34. The fourth-order valence-corrected chi connectivity index (χ4v) is 2.66. The molecule has 142 valence electrons. The molecule has 0 aliphatic heterocycles. The Labute approximate surface area is 160 Å². The number of H-pyrrole nitrogens is 1. The van der Waals surface area contributed by atoms with Crippen molar-refractivity contribution in [1.82, 2.24) is 9.97 Å². The highest BCUT2D eigenvalue weighted by Gasteiger charge is 2.19. The number of hydrogen-bond donors (Lipinski definition) is 1. The molecule has 2 aromatic rings. The lowest BCUT2D eigenvalue weighted by Crippen LogP contribution is -2.25. The van der Waals surface area contributed by atoms with Crippen molar-refractivity contribution in [2.75, 3.05) is 20.0 Å². The fourth-order valence-electron chi connectivity index (χ4n) is 2.29. The van der Waals surface area contributed by atoms with E-state index in [-0.39, 0.29) is 11.3 Å². The number of nitriles is 1. The van der Waals surface area contributed by atoms with Crippen LogP contribution >= 0.6 is 11.8 Å². The van der Waals surface area contributed by atoms with Gasteiger partial charge in [0.25, 0.3) is 5.56 Å². The normalized spacial score (nSPS) is 11.4. The maximum Gasteiger partial charge on any atom is 0.346 e. The second-order valence-electron chi connectivity index (χ2n) is 5.29. The molecule has 1 heterocycles. The van der Waals surface area contributed by atoms with Gasteiger partial charge in [-0.1, -0.05) is 11.8 Å². The van der Waals surface area contributed by atoms with Gasteiger partial charge >= 0.3 is 5.97 Å². The van der Waals surface area contributed by atoms with E-state index in [9.17, 15) is 14.9 Å². The minimum Gasteiger partial charge on any atom is -0.490 e. The molecule has 0 radical (unpaired) electrons. The quantitative estimate of drug-likeness (QED) is 0.436. The van der Waals surface area contributed by atoms with Crippen LogP contribution in [0, 0.1) is 11.3 Å². The molecule has 8 nitrogen and oxygen atoms in total. The van der Waals surface area contributed by atoms with Crippen molar-refractivity contribution < 1.29 is 19.0 Å². The molecule has 1 atom stereocenters. The fraction of sp³-hybridized carbons (Fsp3) is 0.333. The topological polar surface area (TPSA) is 114 Å². The summed E-state index contributed by atoms with van der Waals surface area (Å²) in [5.41, 5.74) is 0.171. The zero-order valence-electron chi connectivity index (χ0n) is 15.4. The third-order valence-corrected chi connectivity index (χ3v) is 4.14. The zero-order chi connectivity index (χ0) is 20.0. The SMILES string of the molecule is CCOc1cc(-c2nc(SC)[nH]c(=O)c2C#N)ccc1OC(C)C(=O)OC. The zero-order valence-corrected chi connectivity index (χ0v) is 16.2. The summed E-state index contributed by atoms with van der Waals surface area (Å²) in [6.45, 7) is 3.72. The lowest BCUT2D eigenvalue weighted by Gasteiger charge is -2.17. The Hall–Kier alpha value is -2.99. The number of thioether (sulfide) groups is 1. The van der Waals surface area contributed by atoms with Gasteiger partial charge in [0.15, 0.2) is 22.8 Å². The van der Waals surface area contributed by atoms with Crippen LogP contribution in [-0.4, -0.2) is 42.0 Å². The number of rotatable bonds is 7. The molecule has 2 rings (SSSR count). The maximum absolute atomic E-state index is 12.1. The number of benzene rings is 1. The molecule has 0 fully saturated rings. The number of nitrogens with zero attached hydrogens (tertiary/aromatic N) is 2. The average molecular weight is 389 g/mol. The number of carbonyl (C=O) groups is 1. The van der Waals surface area contributed by atoms with Gasteiger partial charge in [0, 0.05) is 5.56 Å². The lowest BCUT2D eigenvalue weighted by atomic mass is 10.1. The van der Waals surface area contributed by atoms with Crippen LogP contribution in [0.2, 0.25) is 0 Å². The summed E-state index contributed by atoms with van der Waals surface area (Å²) in [4.78, 5) is 30.6. The second kappa shape index (κ2) is 9.09. The first kappa shape index (κ1) is 20.3. The molecule has 1 N–H and O–H groups in total. The Morgan fingerprint density at radius 1 is 1.41 bits per heavy atom. The molecule has 0 bridgehead atoms. The summed E-state index contributed by atoms with van der Waals surface area (Å²) in [7, 11) is 1.28. The van der Waals surface area contributed by atoms with E-state index in [0.717, 1.165) is 0 Å². The summed E-state index contributed by atoms with van der Waals surface area (Å²) in [5, 5.41) is 9.73. The molecule has 9 heteroatoms. The molecule has 0 aliphatic rings. The van der Waals surface area contributed by atoms with Gasteiger partial charge in [0.2, 0.25) is 0 Å². The number of methoxy groups -OCH3 is 1. The predicted molar refractivity (Wildman–Crippen MR) is 100 cm³/mol. The number of nitrogens with one attached hydrogen (secondary N) is 1. The van der Waals surface area contributed by atoms with E-state index in [4.69, 9.17) is 9.47 Å². The van der Waals surface area contributed by atoms with Gasteiger partial charge in [-0.3, -0.25) is 4.79 Å². The van der Waals surface area contributed by atoms with Crippen molar-refractivity contribution in [2.24, 2.45) is 0 Å². The Bertz CT molecular complexity index is 936. The second-order valence-corrected chi connectivity index (χ2v) is 6.08. The van der Waals surface area contributed by atoms with E-state index in [2.05, 4.69) is 14.7 Å². The van der Waals surface area contributed by atoms with E-state index in [1.165, 1.54) is 18.9 Å². The predicted octanol–water partition coefficient (Wildman–Crippen LogP) is 2.37. The van der Waals surface area contributed by atoms with Crippen LogP contribution in [0.3, 0.4) is 0 Å². The molecular formula is C18H19N3O5S. The Balaban J connectivity index is 2.53. The minimum absolute atomic E-state index is 0.0909. The van der Waals surface area contributed by atoms with Crippen LogP contribution in [0.4, 0.5) is 0 Å². The first-order valence-electron chi connectivity index (χ1n) is 8.05. The van der Waals surface area contributed by atoms with Gasteiger partial charge in [-0.25, -0.2) is 9.78 Å². The molecule has 1 unspecified atom stereocenters. The highest BCUT2D eigenvalue weighted by atomic mass is 32.2. The molecule has 27 heavy (non-hydrogen) atoms. The molecule has 0 spiro atoms. The van der Waals surface area contributed by atoms with Crippen LogP contribution in [0.1, 0.15) is 19.4 Å². The Morgan fingerprint density at radius 3 is 2.74 bits per heavy atom.